The van der Waals surface area contributed by atoms with E-state index < -0.39 is 15.6 Å². The van der Waals surface area contributed by atoms with Crippen LogP contribution in [-0.2, 0) is 10.0 Å². The summed E-state index contributed by atoms with van der Waals surface area (Å²) in [5.74, 6) is 0. The van der Waals surface area contributed by atoms with Crippen LogP contribution in [-0.4, -0.2) is 25.5 Å². The van der Waals surface area contributed by atoms with Gasteiger partial charge < -0.3 is 5.73 Å². The van der Waals surface area contributed by atoms with Crippen LogP contribution in [0, 0.1) is 11.3 Å². The van der Waals surface area contributed by atoms with Crippen LogP contribution in [0.1, 0.15) is 32.3 Å². The molecule has 0 aliphatic heterocycles. The van der Waals surface area contributed by atoms with Crippen LogP contribution < -0.4 is 10.5 Å². The van der Waals surface area contributed by atoms with E-state index in [1.807, 2.05) is 19.9 Å². The van der Waals surface area contributed by atoms with Crippen molar-refractivity contribution in [2.24, 2.45) is 5.73 Å². The summed E-state index contributed by atoms with van der Waals surface area (Å²) >= 11 is 0. The first kappa shape index (κ1) is 18.8. The quantitative estimate of drug-likeness (QED) is 0.818. The molecule has 1 heterocycles. The molecule has 0 atom stereocenters. The minimum absolute atomic E-state index is 0. The van der Waals surface area contributed by atoms with E-state index in [2.05, 4.69) is 9.71 Å². The summed E-state index contributed by atoms with van der Waals surface area (Å²) < 4.78 is 27.2. The van der Waals surface area contributed by atoms with Crippen LogP contribution in [0.15, 0.2) is 23.4 Å². The highest BCUT2D eigenvalue weighted by Crippen LogP contribution is 2.18. The van der Waals surface area contributed by atoms with Crippen molar-refractivity contribution in [3.63, 3.8) is 0 Å². The highest BCUT2D eigenvalue weighted by atomic mass is 35.5. The Morgan fingerprint density at radius 2 is 2.00 bits per heavy atom. The molecule has 1 aromatic rings. The number of aromatic nitrogens is 1. The molecule has 112 valence electrons. The van der Waals surface area contributed by atoms with Gasteiger partial charge in [0.1, 0.15) is 11.0 Å². The van der Waals surface area contributed by atoms with Crippen molar-refractivity contribution in [1.82, 2.24) is 9.71 Å². The zero-order valence-electron chi connectivity index (χ0n) is 11.5. The van der Waals surface area contributed by atoms with Crippen molar-refractivity contribution in [2.75, 3.05) is 6.54 Å². The molecule has 0 amide bonds. The Morgan fingerprint density at radius 3 is 2.45 bits per heavy atom. The lowest BCUT2D eigenvalue weighted by molar-refractivity contribution is 0.363. The maximum absolute atomic E-state index is 12.3. The number of nitrogens with two attached hydrogens (primary N) is 1. The first-order valence-electron chi connectivity index (χ1n) is 6.02. The van der Waals surface area contributed by atoms with Gasteiger partial charge in [-0.15, -0.1) is 12.4 Å². The third-order valence-corrected chi connectivity index (χ3v) is 4.79. The largest absolute Gasteiger partial charge is 0.329 e. The summed E-state index contributed by atoms with van der Waals surface area (Å²) in [4.78, 5) is 3.73. The molecule has 0 aromatic carbocycles. The second kappa shape index (κ2) is 7.55. The van der Waals surface area contributed by atoms with Crippen molar-refractivity contribution in [1.29, 1.82) is 5.26 Å². The topological polar surface area (TPSA) is 109 Å². The molecule has 6 nitrogen and oxygen atoms in total. The standard InChI is InChI=1S/C12H18N4O2S.ClH/c1-3-12(4-2,9-14)16-19(17,18)11-5-10(6-13)7-15-8-11;/h5,7-8,16H,3-4,9,14H2,1-2H3;1H. The maximum atomic E-state index is 12.3. The van der Waals surface area contributed by atoms with Crippen molar-refractivity contribution in [3.8, 4) is 6.07 Å². The highest BCUT2D eigenvalue weighted by molar-refractivity contribution is 7.89. The summed E-state index contributed by atoms with van der Waals surface area (Å²) in [6.07, 6.45) is 3.71. The van der Waals surface area contributed by atoms with Crippen molar-refractivity contribution >= 4 is 22.4 Å². The number of sulfonamides is 1. The van der Waals surface area contributed by atoms with Crippen molar-refractivity contribution in [2.45, 2.75) is 37.1 Å². The van der Waals surface area contributed by atoms with Gasteiger partial charge >= 0.3 is 0 Å². The monoisotopic (exact) mass is 318 g/mol. The zero-order chi connectivity index (χ0) is 14.5. The minimum atomic E-state index is -3.73. The van der Waals surface area contributed by atoms with Crippen molar-refractivity contribution in [3.05, 3.63) is 24.0 Å². The summed E-state index contributed by atoms with van der Waals surface area (Å²) in [5.41, 5.74) is 5.21. The maximum Gasteiger partial charge on any atom is 0.242 e. The molecule has 1 rings (SSSR count). The van der Waals surface area contributed by atoms with E-state index in [1.165, 1.54) is 18.5 Å². The van der Waals surface area contributed by atoms with Gasteiger partial charge in [-0.2, -0.15) is 5.26 Å². The molecule has 0 spiro atoms. The lowest BCUT2D eigenvalue weighted by Gasteiger charge is -2.30. The molecular weight excluding hydrogens is 300 g/mol. The van der Waals surface area contributed by atoms with Gasteiger partial charge in [-0.3, -0.25) is 4.98 Å². The lowest BCUT2D eigenvalue weighted by atomic mass is 9.95. The predicted octanol–water partition coefficient (Wildman–Crippen LogP) is 1.17. The molecular formula is C12H19ClN4O2S. The van der Waals surface area contributed by atoms with Crippen LogP contribution in [0.2, 0.25) is 0 Å². The fourth-order valence-corrected chi connectivity index (χ4v) is 3.24. The smallest absolute Gasteiger partial charge is 0.242 e. The van der Waals surface area contributed by atoms with E-state index in [4.69, 9.17) is 11.0 Å². The number of hydrogen-bond donors (Lipinski definition) is 2. The van der Waals surface area contributed by atoms with E-state index in [0.717, 1.165) is 0 Å². The molecule has 0 radical (unpaired) electrons. The number of rotatable bonds is 6. The molecule has 0 aliphatic carbocycles. The van der Waals surface area contributed by atoms with E-state index >= 15 is 0 Å². The average molecular weight is 319 g/mol. The summed E-state index contributed by atoms with van der Waals surface area (Å²) in [6.45, 7) is 3.97. The Bertz CT molecular complexity index is 571. The summed E-state index contributed by atoms with van der Waals surface area (Å²) in [7, 11) is -3.73. The SMILES string of the molecule is CCC(CC)(CN)NS(=O)(=O)c1cncc(C#N)c1.Cl. The van der Waals surface area contributed by atoms with Gasteiger partial charge in [0, 0.05) is 24.5 Å². The number of nitrogens with one attached hydrogen (secondary N) is 1. The van der Waals surface area contributed by atoms with E-state index in [0.29, 0.717) is 12.8 Å². The Hall–Kier alpha value is -1.20. The van der Waals surface area contributed by atoms with Gasteiger partial charge in [-0.25, -0.2) is 13.1 Å². The van der Waals surface area contributed by atoms with Gasteiger partial charge in [0.15, 0.2) is 0 Å². The number of nitrogens with zero attached hydrogens (tertiary/aromatic N) is 2. The van der Waals surface area contributed by atoms with E-state index in [-0.39, 0.29) is 29.4 Å². The number of hydrogen-bond acceptors (Lipinski definition) is 5. The molecule has 20 heavy (non-hydrogen) atoms. The molecule has 0 fully saturated rings. The molecule has 8 heteroatoms. The summed E-state index contributed by atoms with van der Waals surface area (Å²) in [5, 5.41) is 8.77. The Kier molecular flexibility index (Phi) is 7.09. The normalized spacial score (nSPS) is 11.5. The second-order valence-corrected chi connectivity index (χ2v) is 6.00. The summed E-state index contributed by atoms with van der Waals surface area (Å²) in [6, 6.07) is 3.16. The van der Waals surface area contributed by atoms with Gasteiger partial charge in [-0.05, 0) is 18.9 Å². The highest BCUT2D eigenvalue weighted by Gasteiger charge is 2.31. The number of pyridine rings is 1. The molecule has 0 saturated carbocycles. The van der Waals surface area contributed by atoms with Crippen LogP contribution in [0.4, 0.5) is 0 Å². The van der Waals surface area contributed by atoms with Gasteiger partial charge in [0.05, 0.1) is 5.56 Å². The Labute approximate surface area is 125 Å². The molecule has 3 N–H and O–H groups in total. The number of nitriles is 1. The average Bonchev–Trinajstić information content (AvgIpc) is 2.45. The van der Waals surface area contributed by atoms with Crippen molar-refractivity contribution < 1.29 is 8.42 Å². The van der Waals surface area contributed by atoms with Gasteiger partial charge in [0.2, 0.25) is 10.0 Å². The molecule has 1 aromatic heterocycles. The Balaban J connectivity index is 0.00000361. The second-order valence-electron chi connectivity index (χ2n) is 4.32. The van der Waals surface area contributed by atoms with E-state index in [1.54, 1.807) is 0 Å². The van der Waals surface area contributed by atoms with Crippen LogP contribution >= 0.6 is 12.4 Å². The van der Waals surface area contributed by atoms with Gasteiger partial charge in [-0.1, -0.05) is 13.8 Å². The fraction of sp³-hybridized carbons (Fsp3) is 0.500. The predicted molar refractivity (Wildman–Crippen MR) is 78.9 cm³/mol. The van der Waals surface area contributed by atoms with Gasteiger partial charge in [0.25, 0.3) is 0 Å². The minimum Gasteiger partial charge on any atom is -0.329 e. The first-order valence-corrected chi connectivity index (χ1v) is 7.50. The van der Waals surface area contributed by atoms with E-state index in [9.17, 15) is 8.42 Å². The molecule has 0 saturated heterocycles. The number of halogens is 1. The van der Waals surface area contributed by atoms with Crippen LogP contribution in [0.25, 0.3) is 0 Å². The third kappa shape index (κ3) is 4.15. The fourth-order valence-electron chi connectivity index (χ4n) is 1.70. The Morgan fingerprint density at radius 1 is 1.40 bits per heavy atom. The van der Waals surface area contributed by atoms with Crippen LogP contribution in [0.3, 0.4) is 0 Å². The zero-order valence-corrected chi connectivity index (χ0v) is 13.1. The molecule has 0 unspecified atom stereocenters. The lowest BCUT2D eigenvalue weighted by Crippen LogP contribution is -2.52. The molecule has 0 aliphatic rings. The molecule has 0 bridgehead atoms. The first-order chi connectivity index (χ1) is 8.93. The third-order valence-electron chi connectivity index (χ3n) is 3.25. The van der Waals surface area contributed by atoms with Crippen LogP contribution in [0.5, 0.6) is 0 Å².